The van der Waals surface area contributed by atoms with Crippen LogP contribution < -0.4 is 5.32 Å². The average molecular weight is 347 g/mol. The number of aryl methyl sites for hydroxylation is 1. The van der Waals surface area contributed by atoms with Crippen molar-refractivity contribution in [2.45, 2.75) is 33.2 Å². The van der Waals surface area contributed by atoms with Crippen molar-refractivity contribution in [1.29, 1.82) is 5.26 Å². The van der Waals surface area contributed by atoms with E-state index < -0.39 is 0 Å². The first-order valence-corrected chi connectivity index (χ1v) is 8.69. The second-order valence-electron chi connectivity index (χ2n) is 6.70. The number of benzene rings is 2. The van der Waals surface area contributed by atoms with Gasteiger partial charge in [-0.05, 0) is 29.5 Å². The summed E-state index contributed by atoms with van der Waals surface area (Å²) >= 11 is 0. The molecule has 26 heavy (non-hydrogen) atoms. The number of amides is 1. The van der Waals surface area contributed by atoms with Gasteiger partial charge >= 0.3 is 0 Å². The Labute approximate surface area is 155 Å². The second kappa shape index (κ2) is 8.87. The Kier molecular flexibility index (Phi) is 6.57. The van der Waals surface area contributed by atoms with Crippen molar-refractivity contribution in [3.05, 3.63) is 77.0 Å². The van der Waals surface area contributed by atoms with E-state index in [0.29, 0.717) is 6.54 Å². The van der Waals surface area contributed by atoms with Crippen molar-refractivity contribution in [1.82, 2.24) is 4.90 Å². The van der Waals surface area contributed by atoms with Crippen LogP contribution in [0.3, 0.4) is 0 Å². The van der Waals surface area contributed by atoms with Crippen molar-refractivity contribution < 1.29 is 4.79 Å². The van der Waals surface area contributed by atoms with E-state index in [4.69, 9.17) is 0 Å². The monoisotopic (exact) mass is 347 g/mol. The van der Waals surface area contributed by atoms with Crippen LogP contribution in [0.5, 0.6) is 0 Å². The zero-order valence-corrected chi connectivity index (χ0v) is 15.8. The molecular formula is C22H25N3O. The molecule has 0 heterocycles. The number of nitriles is 1. The molecule has 134 valence electrons. The predicted octanol–water partition coefficient (Wildman–Crippen LogP) is 4.60. The largest absolute Gasteiger partial charge is 0.375 e. The predicted molar refractivity (Wildman–Crippen MR) is 106 cm³/mol. The summed E-state index contributed by atoms with van der Waals surface area (Å²) in [6.45, 7) is 6.75. The van der Waals surface area contributed by atoms with E-state index in [-0.39, 0.29) is 17.4 Å². The molecule has 0 saturated carbocycles. The zero-order chi connectivity index (χ0) is 19.1. The minimum atomic E-state index is -0.386. The summed E-state index contributed by atoms with van der Waals surface area (Å²) in [5.41, 5.74) is 4.04. The lowest BCUT2D eigenvalue weighted by molar-refractivity contribution is -0.112. The van der Waals surface area contributed by atoms with Crippen molar-refractivity contribution in [2.75, 3.05) is 12.4 Å². The molecule has 0 aliphatic rings. The molecule has 0 spiro atoms. The third-order valence-electron chi connectivity index (χ3n) is 4.15. The fourth-order valence-electron chi connectivity index (χ4n) is 2.80. The highest BCUT2D eigenvalue weighted by Crippen LogP contribution is 2.27. The van der Waals surface area contributed by atoms with Gasteiger partial charge in [-0.2, -0.15) is 5.26 Å². The number of nitrogens with zero attached hydrogens (tertiary/aromatic N) is 2. The van der Waals surface area contributed by atoms with Gasteiger partial charge in [0.05, 0.1) is 0 Å². The van der Waals surface area contributed by atoms with Gasteiger partial charge in [-0.1, -0.05) is 62.4 Å². The standard InChI is InChI=1S/C22H25N3O/c1-16(2)20-12-8-9-17(3)21(20)24-22(26)19(13-23)15-25(4)14-18-10-6-5-7-11-18/h5-12,15-16H,14H2,1-4H3,(H,24,26)/b19-15-. The number of carbonyl (C=O) groups excluding carboxylic acids is 1. The quantitative estimate of drug-likeness (QED) is 0.614. The number of anilines is 1. The normalized spacial score (nSPS) is 11.2. The minimum Gasteiger partial charge on any atom is -0.375 e. The molecular weight excluding hydrogens is 322 g/mol. The maximum Gasteiger partial charge on any atom is 0.267 e. The molecule has 2 rings (SSSR count). The van der Waals surface area contributed by atoms with Crippen LogP contribution >= 0.6 is 0 Å². The molecule has 0 saturated heterocycles. The smallest absolute Gasteiger partial charge is 0.267 e. The van der Waals surface area contributed by atoms with Crippen molar-refractivity contribution in [2.24, 2.45) is 0 Å². The lowest BCUT2D eigenvalue weighted by atomic mass is 9.98. The van der Waals surface area contributed by atoms with Gasteiger partial charge in [0.2, 0.25) is 0 Å². The summed E-state index contributed by atoms with van der Waals surface area (Å²) in [4.78, 5) is 14.5. The van der Waals surface area contributed by atoms with Gasteiger partial charge in [0, 0.05) is 25.5 Å². The summed E-state index contributed by atoms with van der Waals surface area (Å²) in [6.07, 6.45) is 1.59. The summed E-state index contributed by atoms with van der Waals surface area (Å²) in [5.74, 6) is -0.107. The molecule has 0 fully saturated rings. The topological polar surface area (TPSA) is 56.1 Å². The maximum atomic E-state index is 12.6. The van der Waals surface area contributed by atoms with E-state index in [2.05, 4.69) is 19.2 Å². The lowest BCUT2D eigenvalue weighted by Crippen LogP contribution is -2.19. The van der Waals surface area contributed by atoms with E-state index >= 15 is 0 Å². The summed E-state index contributed by atoms with van der Waals surface area (Å²) in [7, 11) is 1.85. The SMILES string of the molecule is Cc1cccc(C(C)C)c1NC(=O)/C(C#N)=C\N(C)Cc1ccccc1. The first-order valence-electron chi connectivity index (χ1n) is 8.69. The van der Waals surface area contributed by atoms with Crippen LogP contribution in [0.15, 0.2) is 60.3 Å². The molecule has 0 aliphatic carbocycles. The molecule has 2 aromatic rings. The van der Waals surface area contributed by atoms with Gasteiger partial charge in [-0.25, -0.2) is 0 Å². The van der Waals surface area contributed by atoms with Crippen LogP contribution in [-0.4, -0.2) is 17.9 Å². The maximum absolute atomic E-state index is 12.6. The molecule has 0 aromatic heterocycles. The first kappa shape index (κ1) is 19.3. The number of nitrogens with one attached hydrogen (secondary N) is 1. The molecule has 0 aliphatic heterocycles. The molecule has 0 atom stereocenters. The first-order chi connectivity index (χ1) is 12.4. The Hall–Kier alpha value is -3.06. The van der Waals surface area contributed by atoms with Crippen molar-refractivity contribution in [3.8, 4) is 6.07 Å². The summed E-state index contributed by atoms with van der Waals surface area (Å²) in [5, 5.41) is 12.4. The molecule has 4 heteroatoms. The summed E-state index contributed by atoms with van der Waals surface area (Å²) in [6, 6.07) is 17.9. The van der Waals surface area contributed by atoms with E-state index in [1.807, 2.05) is 73.5 Å². The van der Waals surface area contributed by atoms with Gasteiger partial charge in [0.15, 0.2) is 0 Å². The molecule has 0 radical (unpaired) electrons. The Morgan fingerprint density at radius 3 is 2.50 bits per heavy atom. The second-order valence-corrected chi connectivity index (χ2v) is 6.70. The van der Waals surface area contributed by atoms with Crippen LogP contribution in [0.2, 0.25) is 0 Å². The van der Waals surface area contributed by atoms with Crippen LogP contribution in [0.4, 0.5) is 5.69 Å². The number of rotatable bonds is 6. The zero-order valence-electron chi connectivity index (χ0n) is 15.8. The third-order valence-corrected chi connectivity index (χ3v) is 4.15. The van der Waals surface area contributed by atoms with Gasteiger partial charge in [-0.15, -0.1) is 0 Å². The Morgan fingerprint density at radius 1 is 1.19 bits per heavy atom. The molecule has 1 amide bonds. The van der Waals surface area contributed by atoms with Crippen LogP contribution in [0, 0.1) is 18.3 Å². The number of hydrogen-bond donors (Lipinski definition) is 1. The number of para-hydroxylation sites is 1. The van der Waals surface area contributed by atoms with Gasteiger partial charge in [-0.3, -0.25) is 4.79 Å². The summed E-state index contributed by atoms with van der Waals surface area (Å²) < 4.78 is 0. The Morgan fingerprint density at radius 2 is 1.88 bits per heavy atom. The van der Waals surface area contributed by atoms with E-state index in [9.17, 15) is 10.1 Å². The fourth-order valence-corrected chi connectivity index (χ4v) is 2.80. The minimum absolute atomic E-state index is 0.0846. The lowest BCUT2D eigenvalue weighted by Gasteiger charge is -2.17. The number of hydrogen-bond acceptors (Lipinski definition) is 3. The van der Waals surface area contributed by atoms with E-state index in [0.717, 1.165) is 22.4 Å². The Balaban J connectivity index is 2.18. The highest BCUT2D eigenvalue weighted by molar-refractivity contribution is 6.07. The molecule has 0 unspecified atom stereocenters. The molecule has 4 nitrogen and oxygen atoms in total. The molecule has 2 aromatic carbocycles. The molecule has 1 N–H and O–H groups in total. The van der Waals surface area contributed by atoms with Crippen LogP contribution in [0.25, 0.3) is 0 Å². The average Bonchev–Trinajstić information content (AvgIpc) is 2.61. The van der Waals surface area contributed by atoms with E-state index in [1.165, 1.54) is 0 Å². The van der Waals surface area contributed by atoms with Crippen molar-refractivity contribution >= 4 is 11.6 Å². The highest BCUT2D eigenvalue weighted by Gasteiger charge is 2.15. The fraction of sp³-hybridized carbons (Fsp3) is 0.273. The van der Waals surface area contributed by atoms with Gasteiger partial charge < -0.3 is 10.2 Å². The molecule has 0 bridgehead atoms. The van der Waals surface area contributed by atoms with Crippen LogP contribution in [0.1, 0.15) is 36.5 Å². The van der Waals surface area contributed by atoms with Gasteiger partial charge in [0.25, 0.3) is 5.91 Å². The highest BCUT2D eigenvalue weighted by atomic mass is 16.1. The number of carbonyl (C=O) groups is 1. The van der Waals surface area contributed by atoms with Gasteiger partial charge in [0.1, 0.15) is 11.6 Å². The Bertz CT molecular complexity index is 832. The third kappa shape index (κ3) is 4.97. The van der Waals surface area contributed by atoms with E-state index in [1.54, 1.807) is 6.20 Å². The van der Waals surface area contributed by atoms with Crippen molar-refractivity contribution in [3.63, 3.8) is 0 Å². The van der Waals surface area contributed by atoms with Crippen LogP contribution in [-0.2, 0) is 11.3 Å².